The molecule has 2 atom stereocenters. The van der Waals surface area contributed by atoms with Crippen LogP contribution in [0.3, 0.4) is 0 Å². The van der Waals surface area contributed by atoms with E-state index in [1.54, 1.807) is 18.3 Å². The second-order valence-electron chi connectivity index (χ2n) is 16.0. The maximum absolute atomic E-state index is 17.1. The number of aromatic hydroxyl groups is 1. The average Bonchev–Trinajstić information content (AvgIpc) is 3.40. The molecule has 5 fully saturated rings. The molecule has 4 aromatic rings. The van der Waals surface area contributed by atoms with Gasteiger partial charge in [-0.15, -0.1) is 0 Å². The first-order chi connectivity index (χ1) is 25.4. The van der Waals surface area contributed by atoms with Crippen molar-refractivity contribution in [2.24, 2.45) is 10.8 Å². The molecule has 11 heteroatoms. The van der Waals surface area contributed by atoms with E-state index >= 15 is 8.78 Å². The van der Waals surface area contributed by atoms with Crippen LogP contribution in [-0.4, -0.2) is 89.7 Å². The third kappa shape index (κ3) is 5.87. The number of phenolic OH excluding ortho intramolecular Hbond substituents is 1. The fourth-order valence-corrected chi connectivity index (χ4v) is 10.5. The molecule has 2 saturated carbocycles. The molecule has 276 valence electrons. The van der Waals surface area contributed by atoms with Crippen molar-refractivity contribution in [3.8, 4) is 23.0 Å². The maximum Gasteiger partial charge on any atom is 0.319 e. The Balaban J connectivity index is 1.08. The highest BCUT2D eigenvalue weighted by atomic mass is 19.1. The number of hydrogen-bond donors (Lipinski definition) is 1. The Morgan fingerprint density at radius 3 is 2.62 bits per heavy atom. The van der Waals surface area contributed by atoms with Crippen molar-refractivity contribution in [2.45, 2.75) is 89.6 Å². The molecule has 1 spiro atoms. The summed E-state index contributed by atoms with van der Waals surface area (Å²) < 4.78 is 50.2. The first-order valence-corrected chi connectivity index (χ1v) is 19.5. The smallest absolute Gasteiger partial charge is 0.319 e. The van der Waals surface area contributed by atoms with Gasteiger partial charge in [-0.05, 0) is 111 Å². The summed E-state index contributed by atoms with van der Waals surface area (Å²) in [5, 5.41) is 12.3. The average molecular weight is 714 g/mol. The molecule has 3 aliphatic heterocycles. The molecule has 9 rings (SSSR count). The summed E-state index contributed by atoms with van der Waals surface area (Å²) in [5.74, 6) is -0.501. The van der Waals surface area contributed by atoms with Crippen molar-refractivity contribution < 1.29 is 28.1 Å². The van der Waals surface area contributed by atoms with Gasteiger partial charge in [0.1, 0.15) is 28.6 Å². The fraction of sp³-hybridized carbons (Fsp3) is 0.585. The minimum Gasteiger partial charge on any atom is -0.508 e. The number of aromatic nitrogens is 3. The van der Waals surface area contributed by atoms with Crippen LogP contribution in [0.15, 0.2) is 30.5 Å². The fourth-order valence-electron chi connectivity index (χ4n) is 10.5. The number of piperidine rings is 1. The molecular formula is C41H49F2N5O4. The quantitative estimate of drug-likeness (QED) is 0.208. The van der Waals surface area contributed by atoms with Crippen LogP contribution in [0.4, 0.5) is 14.6 Å². The number of anilines is 1. The monoisotopic (exact) mass is 713 g/mol. The van der Waals surface area contributed by atoms with Gasteiger partial charge in [-0.2, -0.15) is 9.97 Å². The molecule has 0 unspecified atom stereocenters. The topological polar surface area (TPSA) is 93.1 Å². The zero-order valence-corrected chi connectivity index (χ0v) is 30.1. The van der Waals surface area contributed by atoms with Gasteiger partial charge in [-0.1, -0.05) is 19.4 Å². The van der Waals surface area contributed by atoms with E-state index in [9.17, 15) is 5.11 Å². The molecule has 0 radical (unpaired) electrons. The first-order valence-electron chi connectivity index (χ1n) is 19.5. The summed E-state index contributed by atoms with van der Waals surface area (Å²) in [6, 6.07) is 7.28. The van der Waals surface area contributed by atoms with Crippen molar-refractivity contribution in [3.05, 3.63) is 47.7 Å². The second kappa shape index (κ2) is 13.6. The van der Waals surface area contributed by atoms with Crippen LogP contribution in [0.25, 0.3) is 32.9 Å². The Morgan fingerprint density at radius 2 is 1.77 bits per heavy atom. The molecule has 5 aliphatic rings. The van der Waals surface area contributed by atoms with Crippen LogP contribution < -0.4 is 9.64 Å². The zero-order chi connectivity index (χ0) is 35.5. The largest absolute Gasteiger partial charge is 0.508 e. The van der Waals surface area contributed by atoms with E-state index in [4.69, 9.17) is 24.2 Å². The number of benzene rings is 2. The van der Waals surface area contributed by atoms with E-state index < -0.39 is 5.82 Å². The van der Waals surface area contributed by atoms with Gasteiger partial charge < -0.3 is 24.2 Å². The van der Waals surface area contributed by atoms with E-state index in [0.29, 0.717) is 89.9 Å². The van der Waals surface area contributed by atoms with Crippen molar-refractivity contribution in [3.63, 3.8) is 0 Å². The Bertz CT molecular complexity index is 1970. The Kier molecular flexibility index (Phi) is 8.94. The number of halogens is 2. The molecule has 2 aromatic carbocycles. The van der Waals surface area contributed by atoms with E-state index in [-0.39, 0.29) is 34.2 Å². The van der Waals surface area contributed by atoms with Gasteiger partial charge in [-0.3, -0.25) is 9.88 Å². The number of pyridine rings is 1. The molecule has 2 aliphatic carbocycles. The van der Waals surface area contributed by atoms with Gasteiger partial charge in [-0.25, -0.2) is 8.78 Å². The lowest BCUT2D eigenvalue weighted by Gasteiger charge is -2.58. The van der Waals surface area contributed by atoms with Gasteiger partial charge in [0.2, 0.25) is 0 Å². The maximum atomic E-state index is 17.1. The lowest BCUT2D eigenvalue weighted by Crippen LogP contribution is -2.61. The number of rotatable bonds is 7. The Morgan fingerprint density at radius 1 is 0.942 bits per heavy atom. The van der Waals surface area contributed by atoms with Crippen LogP contribution in [-0.2, 0) is 15.9 Å². The van der Waals surface area contributed by atoms with Crippen molar-refractivity contribution in [1.29, 1.82) is 0 Å². The highest BCUT2D eigenvalue weighted by Crippen LogP contribution is 2.55. The molecule has 2 aromatic heterocycles. The van der Waals surface area contributed by atoms with Crippen LogP contribution in [0.1, 0.15) is 76.7 Å². The van der Waals surface area contributed by atoms with Crippen LogP contribution in [0.2, 0.25) is 0 Å². The van der Waals surface area contributed by atoms with Crippen LogP contribution in [0.5, 0.6) is 11.8 Å². The predicted molar refractivity (Wildman–Crippen MR) is 196 cm³/mol. The molecular weight excluding hydrogens is 664 g/mol. The number of likely N-dealkylation sites (tertiary alicyclic amines) is 1. The van der Waals surface area contributed by atoms with Gasteiger partial charge in [0.25, 0.3) is 0 Å². The minimum absolute atomic E-state index is 0.00340. The number of fused-ring (bicyclic) bond motifs is 3. The standard InChI is InChI=1S/C41H49F2N5O4/c1-2-29-32(42)8-7-26-20-28(49)21-30(34(26)29)36-35(43)37-31(24-44-36)38(47-13-5-16-50-19-15-47)46-39(45-37)52-25-41-9-3-6-33(41)48(14-4-10-41)27-22-40(23-27)11-17-51-18-12-40/h7-8,20-21,24,27,33,49H,2-6,9-19,22-23,25H2,1H3/t33-,41-/m1/s1. The molecule has 5 heterocycles. The number of hydrogen-bond acceptors (Lipinski definition) is 9. The third-order valence-electron chi connectivity index (χ3n) is 13.1. The summed E-state index contributed by atoms with van der Waals surface area (Å²) in [7, 11) is 0. The van der Waals surface area contributed by atoms with E-state index in [1.165, 1.54) is 50.7 Å². The number of nitrogens with zero attached hydrogens (tertiary/aromatic N) is 5. The van der Waals surface area contributed by atoms with Crippen LogP contribution in [0, 0.1) is 22.5 Å². The van der Waals surface area contributed by atoms with Gasteiger partial charge >= 0.3 is 6.01 Å². The number of ether oxygens (including phenoxy) is 3. The second-order valence-corrected chi connectivity index (χ2v) is 16.0. The molecule has 9 nitrogen and oxygen atoms in total. The highest BCUT2D eigenvalue weighted by molar-refractivity contribution is 6.01. The first kappa shape index (κ1) is 34.1. The summed E-state index contributed by atoms with van der Waals surface area (Å²) in [6.45, 7) is 7.77. The van der Waals surface area contributed by atoms with Gasteiger partial charge in [0, 0.05) is 62.2 Å². The lowest BCUT2D eigenvalue weighted by atomic mass is 9.60. The molecule has 0 bridgehead atoms. The molecule has 3 saturated heterocycles. The van der Waals surface area contributed by atoms with Gasteiger partial charge in [0.15, 0.2) is 5.82 Å². The normalized spacial score (nSPS) is 25.4. The highest BCUT2D eigenvalue weighted by Gasteiger charge is 2.54. The van der Waals surface area contributed by atoms with E-state index in [1.807, 2.05) is 6.92 Å². The molecule has 0 amide bonds. The van der Waals surface area contributed by atoms with Crippen molar-refractivity contribution in [2.75, 3.05) is 57.6 Å². The number of aryl methyl sites for hydroxylation is 1. The SMILES string of the molecule is CCc1c(F)ccc2cc(O)cc(-c3ncc4c(N5CCCOCC5)nc(OC[C@]56CCC[C@H]5N(C5CC7(CCOCC7)C5)CCC6)nc4c3F)c12. The Hall–Kier alpha value is -3.67. The molecule has 1 N–H and O–H groups in total. The predicted octanol–water partition coefficient (Wildman–Crippen LogP) is 7.59. The third-order valence-corrected chi connectivity index (χ3v) is 13.1. The van der Waals surface area contributed by atoms with E-state index in [0.717, 1.165) is 45.4 Å². The summed E-state index contributed by atoms with van der Waals surface area (Å²) in [6.07, 6.45) is 13.4. The lowest BCUT2D eigenvalue weighted by molar-refractivity contribution is -0.112. The minimum atomic E-state index is -0.650. The van der Waals surface area contributed by atoms with Gasteiger partial charge in [0.05, 0.1) is 18.6 Å². The molecule has 52 heavy (non-hydrogen) atoms. The summed E-state index contributed by atoms with van der Waals surface area (Å²) in [5.41, 5.74) is 1.36. The van der Waals surface area contributed by atoms with Crippen molar-refractivity contribution in [1.82, 2.24) is 19.9 Å². The Labute approximate surface area is 303 Å². The van der Waals surface area contributed by atoms with Crippen LogP contribution >= 0.6 is 0 Å². The summed E-state index contributed by atoms with van der Waals surface area (Å²) in [4.78, 5) is 19.3. The summed E-state index contributed by atoms with van der Waals surface area (Å²) >= 11 is 0. The number of phenols is 1. The van der Waals surface area contributed by atoms with Crippen molar-refractivity contribution >= 4 is 27.5 Å². The zero-order valence-electron chi connectivity index (χ0n) is 30.1. The van der Waals surface area contributed by atoms with E-state index in [2.05, 4.69) is 14.8 Å².